The molecule has 0 amide bonds. The second kappa shape index (κ2) is 11.4. The van der Waals surface area contributed by atoms with Crippen LogP contribution in [0.3, 0.4) is 0 Å². The van der Waals surface area contributed by atoms with Gasteiger partial charge in [0.25, 0.3) is 0 Å². The van der Waals surface area contributed by atoms with Crippen LogP contribution in [-0.4, -0.2) is 31.8 Å². The predicted octanol–water partition coefficient (Wildman–Crippen LogP) is 8.08. The summed E-state index contributed by atoms with van der Waals surface area (Å²) in [4.78, 5) is 43.2. The average Bonchev–Trinajstić information content (AvgIpc) is 2.87. The molecule has 0 radical (unpaired) electrons. The van der Waals surface area contributed by atoms with Crippen molar-refractivity contribution in [3.63, 3.8) is 0 Å². The summed E-state index contributed by atoms with van der Waals surface area (Å²) in [5, 5.41) is 10.6. The zero-order chi connectivity index (χ0) is 26.9. The molecule has 2 aliphatic rings. The fourth-order valence-electron chi connectivity index (χ4n) is 6.08. The second-order valence-corrected chi connectivity index (χ2v) is 17.0. The van der Waals surface area contributed by atoms with Crippen LogP contribution in [0.5, 0.6) is 0 Å². The molecule has 4 nitrogen and oxygen atoms in total. The number of benzene rings is 2. The maximum absolute atomic E-state index is 13.8. The topological polar surface area (TPSA) is 71.4 Å². The van der Waals surface area contributed by atoms with Crippen molar-refractivity contribution in [3.05, 3.63) is 80.6 Å². The van der Waals surface area contributed by atoms with Gasteiger partial charge in [-0.1, -0.05) is 11.6 Å². The molecule has 0 spiro atoms. The molecule has 1 N–H and O–H groups in total. The van der Waals surface area contributed by atoms with Crippen LogP contribution >= 0.6 is 31.4 Å². The number of carbonyl (C=O) groups excluding carboxylic acids is 3. The Morgan fingerprint density at radius 1 is 1.00 bits per heavy atom. The van der Waals surface area contributed by atoms with Gasteiger partial charge in [-0.05, 0) is 12.1 Å². The molecule has 4 rings (SSSR count). The van der Waals surface area contributed by atoms with E-state index < -0.39 is 37.1 Å². The van der Waals surface area contributed by atoms with E-state index in [0.717, 1.165) is 30.7 Å². The van der Waals surface area contributed by atoms with Crippen molar-refractivity contribution in [1.29, 1.82) is 0 Å². The molecule has 198 valence electrons. The molecule has 0 aromatic heterocycles. The van der Waals surface area contributed by atoms with Crippen molar-refractivity contribution < 1.29 is 19.5 Å². The number of hydrogen-bond acceptors (Lipinski definition) is 4. The van der Waals surface area contributed by atoms with Gasteiger partial charge in [0.15, 0.2) is 0 Å². The van der Waals surface area contributed by atoms with Crippen molar-refractivity contribution in [2.45, 2.75) is 51.9 Å². The Balaban J connectivity index is 1.58. The van der Waals surface area contributed by atoms with Crippen LogP contribution in [0.2, 0.25) is 5.02 Å². The van der Waals surface area contributed by atoms with Gasteiger partial charge < -0.3 is 0 Å². The third-order valence-corrected chi connectivity index (χ3v) is 13.6. The molecule has 1 saturated carbocycles. The minimum atomic E-state index is -1.89. The van der Waals surface area contributed by atoms with E-state index in [1.54, 1.807) is 18.2 Å². The number of rotatable bonds is 8. The number of aliphatic hydroxyl groups is 1. The summed E-state index contributed by atoms with van der Waals surface area (Å²) in [5.74, 6) is -0.715. The number of hydrogen-bond donors (Lipinski definition) is 1. The first-order valence-corrected chi connectivity index (χ1v) is 18.0. The molecular formula is C31H36ClIO4. The summed E-state index contributed by atoms with van der Waals surface area (Å²) < 4.78 is 0.797. The third-order valence-electron chi connectivity index (χ3n) is 8.22. The van der Waals surface area contributed by atoms with E-state index >= 15 is 0 Å². The Hall–Kier alpha value is -1.99. The minimum absolute atomic E-state index is 0.00780. The van der Waals surface area contributed by atoms with Gasteiger partial charge in [0, 0.05) is 5.02 Å². The normalized spacial score (nSPS) is 24.4. The molecule has 0 bridgehead atoms. The summed E-state index contributed by atoms with van der Waals surface area (Å²) in [5.41, 5.74) is 1.53. The Bertz CT molecular complexity index is 1190. The van der Waals surface area contributed by atoms with Crippen molar-refractivity contribution in [2.24, 2.45) is 23.2 Å². The first-order valence-electron chi connectivity index (χ1n) is 12.9. The summed E-state index contributed by atoms with van der Waals surface area (Å²) >= 11 is 4.18. The van der Waals surface area contributed by atoms with Crippen molar-refractivity contribution in [3.8, 4) is 0 Å². The van der Waals surface area contributed by atoms with Crippen LogP contribution in [0.1, 0.15) is 78.1 Å². The number of fused-ring (bicyclic) bond motifs is 1. The Kier molecular flexibility index (Phi) is 8.64. The van der Waals surface area contributed by atoms with Gasteiger partial charge >= 0.3 is 204 Å². The van der Waals surface area contributed by atoms with E-state index in [2.05, 4.69) is 18.7 Å². The second-order valence-electron chi connectivity index (χ2n) is 11.2. The van der Waals surface area contributed by atoms with Crippen molar-refractivity contribution >= 4 is 48.8 Å². The fraction of sp³-hybridized carbons (Fsp3) is 0.452. The van der Waals surface area contributed by atoms with Gasteiger partial charge in [0.2, 0.25) is 0 Å². The van der Waals surface area contributed by atoms with E-state index in [-0.39, 0.29) is 33.5 Å². The number of ketones is 3. The summed E-state index contributed by atoms with van der Waals surface area (Å²) in [7, 11) is 0. The van der Waals surface area contributed by atoms with Gasteiger partial charge in [0.1, 0.15) is 0 Å². The zero-order valence-electron chi connectivity index (χ0n) is 21.8. The van der Waals surface area contributed by atoms with Gasteiger partial charge in [-0.3, -0.25) is 0 Å². The van der Waals surface area contributed by atoms with Gasteiger partial charge in [-0.15, -0.1) is 0 Å². The van der Waals surface area contributed by atoms with Crippen LogP contribution in [0.4, 0.5) is 0 Å². The molecule has 0 heterocycles. The fourth-order valence-corrected chi connectivity index (χ4v) is 9.93. The summed E-state index contributed by atoms with van der Waals surface area (Å²) in [6, 6.07) is 15.1. The van der Waals surface area contributed by atoms with Crippen molar-refractivity contribution in [1.82, 2.24) is 0 Å². The number of alkyl halides is 2. The molecule has 37 heavy (non-hydrogen) atoms. The Labute approximate surface area is 232 Å². The van der Waals surface area contributed by atoms with Crippen LogP contribution < -0.4 is 0 Å². The van der Waals surface area contributed by atoms with E-state index in [4.69, 9.17) is 11.6 Å². The van der Waals surface area contributed by atoms with E-state index in [1.807, 2.05) is 37.0 Å². The maximum atomic E-state index is 13.8. The monoisotopic (exact) mass is 634 g/mol. The third kappa shape index (κ3) is 6.03. The number of carbonyl (C=O) groups is 3. The predicted molar refractivity (Wildman–Crippen MR) is 158 cm³/mol. The van der Waals surface area contributed by atoms with Crippen LogP contribution in [0.15, 0.2) is 58.9 Å². The Morgan fingerprint density at radius 3 is 2.14 bits per heavy atom. The SMILES string of the molecule is C=C(O)I(C)CC(C)(C)C(=O)CC1C(=O)c2ccccc2C(=O)[C@@H]1C1CCC(c2ccc(Cl)cc2)CC1. The molecule has 0 aliphatic heterocycles. The first kappa shape index (κ1) is 28.0. The zero-order valence-corrected chi connectivity index (χ0v) is 24.7. The van der Waals surface area contributed by atoms with E-state index in [1.165, 1.54) is 5.56 Å². The van der Waals surface area contributed by atoms with Crippen LogP contribution in [-0.2, 0) is 4.79 Å². The molecule has 2 atom stereocenters. The van der Waals surface area contributed by atoms with Gasteiger partial charge in [-0.2, -0.15) is 0 Å². The molecule has 2 aromatic rings. The Morgan fingerprint density at radius 2 is 1.57 bits per heavy atom. The van der Waals surface area contributed by atoms with Gasteiger partial charge in [0.05, 0.1) is 0 Å². The molecule has 1 fully saturated rings. The molecule has 2 aliphatic carbocycles. The quantitative estimate of drug-likeness (QED) is 0.181. The first-order chi connectivity index (χ1) is 17.5. The van der Waals surface area contributed by atoms with Crippen LogP contribution in [0, 0.1) is 23.2 Å². The van der Waals surface area contributed by atoms with Crippen LogP contribution in [0.25, 0.3) is 0 Å². The van der Waals surface area contributed by atoms with Crippen molar-refractivity contribution in [2.75, 3.05) is 9.36 Å². The average molecular weight is 635 g/mol. The number of aliphatic hydroxyl groups excluding tert-OH is 1. The molecule has 1 unspecified atom stereocenters. The molecule has 6 heteroatoms. The van der Waals surface area contributed by atoms with Gasteiger partial charge in [-0.25, -0.2) is 0 Å². The number of halogens is 2. The standard InChI is InChI=1S/C31H36ClIO4/c1-19(34)33(4)18-31(2,3)27(35)17-26-28(30(37)25-8-6-5-7-24(25)29(26)36)22-11-9-20(10-12-22)21-13-15-23(32)16-14-21/h5-8,13-16,20,22,26,28,34H,1,9-12,17-18H2,2-4H3/t20?,22?,26?,28-/m1/s1. The summed E-state index contributed by atoms with van der Waals surface area (Å²) in [6.07, 6.45) is 3.65. The molecule has 0 saturated heterocycles. The van der Waals surface area contributed by atoms with E-state index in [9.17, 15) is 19.5 Å². The molecule has 2 aromatic carbocycles. The summed E-state index contributed by atoms with van der Waals surface area (Å²) in [6.45, 7) is 7.46. The number of Topliss-reactive ketones (excluding diaryl/α,β-unsaturated/α-hetero) is 3. The molecular weight excluding hydrogens is 599 g/mol. The van der Waals surface area contributed by atoms with E-state index in [0.29, 0.717) is 21.5 Å².